The highest BCUT2D eigenvalue weighted by molar-refractivity contribution is 5.98. The Balaban J connectivity index is 2.10. The minimum atomic E-state index is -0.115. The lowest BCUT2D eigenvalue weighted by Gasteiger charge is -2.21. The molecule has 0 aromatic heterocycles. The lowest BCUT2D eigenvalue weighted by molar-refractivity contribution is -0.117. The van der Waals surface area contributed by atoms with Gasteiger partial charge < -0.3 is 10.4 Å². The monoisotopic (exact) mass is 279 g/mol. The number of carbonyl (C=O) groups excluding carboxylic acids is 1. The quantitative estimate of drug-likeness (QED) is 0.884. The Morgan fingerprint density at radius 1 is 1.24 bits per heavy atom. The van der Waals surface area contributed by atoms with Crippen LogP contribution in [-0.4, -0.2) is 11.0 Å². The van der Waals surface area contributed by atoms with E-state index in [-0.39, 0.29) is 11.7 Å². The second-order valence-electron chi connectivity index (χ2n) is 5.45. The molecule has 0 fully saturated rings. The SMILES string of the molecule is C=C1CC(C)=C(Cc2c(O)ccc3ccccc23)C(=O)N1. The van der Waals surface area contributed by atoms with Crippen molar-refractivity contribution in [2.24, 2.45) is 0 Å². The van der Waals surface area contributed by atoms with Crippen LogP contribution in [0.5, 0.6) is 5.75 Å². The highest BCUT2D eigenvalue weighted by Gasteiger charge is 2.21. The summed E-state index contributed by atoms with van der Waals surface area (Å²) in [6.07, 6.45) is 1.10. The van der Waals surface area contributed by atoms with Gasteiger partial charge in [0.1, 0.15) is 5.75 Å². The van der Waals surface area contributed by atoms with Crippen LogP contribution in [-0.2, 0) is 11.2 Å². The summed E-state index contributed by atoms with van der Waals surface area (Å²) in [6.45, 7) is 5.75. The third-order valence-electron chi connectivity index (χ3n) is 3.93. The number of hydrogen-bond donors (Lipinski definition) is 2. The summed E-state index contributed by atoms with van der Waals surface area (Å²) in [7, 11) is 0. The second-order valence-corrected chi connectivity index (χ2v) is 5.45. The molecule has 0 saturated carbocycles. The van der Waals surface area contributed by atoms with Crippen molar-refractivity contribution in [3.8, 4) is 5.75 Å². The van der Waals surface area contributed by atoms with Crippen LogP contribution in [0.15, 0.2) is 59.8 Å². The number of nitrogens with one attached hydrogen (secondary N) is 1. The first-order valence-electron chi connectivity index (χ1n) is 6.93. The van der Waals surface area contributed by atoms with E-state index in [1.807, 2.05) is 37.3 Å². The summed E-state index contributed by atoms with van der Waals surface area (Å²) in [6, 6.07) is 11.5. The molecule has 1 amide bonds. The van der Waals surface area contributed by atoms with Gasteiger partial charge in [0.25, 0.3) is 5.91 Å². The van der Waals surface area contributed by atoms with E-state index in [9.17, 15) is 9.90 Å². The Bertz CT molecular complexity index is 787. The van der Waals surface area contributed by atoms with E-state index in [0.29, 0.717) is 18.4 Å². The van der Waals surface area contributed by atoms with Gasteiger partial charge in [-0.1, -0.05) is 42.5 Å². The average molecular weight is 279 g/mol. The second kappa shape index (κ2) is 5.09. The van der Waals surface area contributed by atoms with Gasteiger partial charge in [0.05, 0.1) is 0 Å². The molecule has 1 heterocycles. The molecule has 2 N–H and O–H groups in total. The largest absolute Gasteiger partial charge is 0.508 e. The van der Waals surface area contributed by atoms with Gasteiger partial charge in [-0.05, 0) is 23.8 Å². The lowest BCUT2D eigenvalue weighted by atomic mass is 9.91. The van der Waals surface area contributed by atoms with Crippen molar-refractivity contribution in [3.05, 3.63) is 65.4 Å². The van der Waals surface area contributed by atoms with Crippen molar-refractivity contribution in [1.29, 1.82) is 0 Å². The molecule has 0 radical (unpaired) electrons. The maximum Gasteiger partial charge on any atom is 0.251 e. The van der Waals surface area contributed by atoms with Crippen LogP contribution in [0, 0.1) is 0 Å². The molecule has 0 atom stereocenters. The normalized spacial score (nSPS) is 15.5. The first-order valence-corrected chi connectivity index (χ1v) is 6.93. The van der Waals surface area contributed by atoms with Crippen molar-refractivity contribution in [2.75, 3.05) is 0 Å². The van der Waals surface area contributed by atoms with E-state index in [1.165, 1.54) is 0 Å². The number of fused-ring (bicyclic) bond motifs is 1. The maximum absolute atomic E-state index is 12.2. The van der Waals surface area contributed by atoms with E-state index < -0.39 is 0 Å². The molecule has 106 valence electrons. The zero-order valence-corrected chi connectivity index (χ0v) is 11.9. The average Bonchev–Trinajstić information content (AvgIpc) is 2.44. The Morgan fingerprint density at radius 3 is 2.76 bits per heavy atom. The van der Waals surface area contributed by atoms with Gasteiger partial charge in [-0.2, -0.15) is 0 Å². The number of hydrogen-bond acceptors (Lipinski definition) is 2. The Kier molecular flexibility index (Phi) is 3.26. The van der Waals surface area contributed by atoms with Crippen LogP contribution in [0.25, 0.3) is 10.8 Å². The summed E-state index contributed by atoms with van der Waals surface area (Å²) in [5.74, 6) is 0.113. The minimum Gasteiger partial charge on any atom is -0.508 e. The number of rotatable bonds is 2. The van der Waals surface area contributed by atoms with Gasteiger partial charge in [0, 0.05) is 29.7 Å². The van der Waals surface area contributed by atoms with Crippen LogP contribution in [0.1, 0.15) is 18.9 Å². The summed E-state index contributed by atoms with van der Waals surface area (Å²) in [4.78, 5) is 12.2. The number of phenolic OH excluding ortho intramolecular Hbond substituents is 1. The molecule has 0 bridgehead atoms. The topological polar surface area (TPSA) is 49.3 Å². The Labute approximate surface area is 123 Å². The molecular weight excluding hydrogens is 262 g/mol. The van der Waals surface area contributed by atoms with Gasteiger partial charge in [-0.3, -0.25) is 4.79 Å². The molecule has 0 spiro atoms. The predicted octanol–water partition coefficient (Wildman–Crippen LogP) is 3.44. The minimum absolute atomic E-state index is 0.115. The van der Waals surface area contributed by atoms with Gasteiger partial charge in [-0.25, -0.2) is 0 Å². The molecule has 2 aromatic carbocycles. The molecule has 3 heteroatoms. The fraction of sp³-hybridized carbons (Fsp3) is 0.167. The lowest BCUT2D eigenvalue weighted by Crippen LogP contribution is -2.30. The highest BCUT2D eigenvalue weighted by Crippen LogP contribution is 2.31. The summed E-state index contributed by atoms with van der Waals surface area (Å²) in [5, 5.41) is 15.0. The van der Waals surface area contributed by atoms with Crippen LogP contribution in [0.3, 0.4) is 0 Å². The van der Waals surface area contributed by atoms with Crippen LogP contribution >= 0.6 is 0 Å². The summed E-state index contributed by atoms with van der Waals surface area (Å²) < 4.78 is 0. The number of aromatic hydroxyl groups is 1. The van der Waals surface area contributed by atoms with Gasteiger partial charge in [0.15, 0.2) is 0 Å². The first kappa shape index (κ1) is 13.4. The van der Waals surface area contributed by atoms with Crippen molar-refractivity contribution in [2.45, 2.75) is 19.8 Å². The van der Waals surface area contributed by atoms with Gasteiger partial charge in [0.2, 0.25) is 0 Å². The molecule has 21 heavy (non-hydrogen) atoms. The Morgan fingerprint density at radius 2 is 2.00 bits per heavy atom. The van der Waals surface area contributed by atoms with E-state index in [4.69, 9.17) is 0 Å². The summed E-state index contributed by atoms with van der Waals surface area (Å²) >= 11 is 0. The molecule has 0 aliphatic carbocycles. The van der Waals surface area contributed by atoms with E-state index in [1.54, 1.807) is 6.07 Å². The van der Waals surface area contributed by atoms with E-state index in [0.717, 1.165) is 27.6 Å². The highest BCUT2D eigenvalue weighted by atomic mass is 16.3. The van der Waals surface area contributed by atoms with E-state index in [2.05, 4.69) is 11.9 Å². The van der Waals surface area contributed by atoms with Crippen LogP contribution in [0.4, 0.5) is 0 Å². The smallest absolute Gasteiger partial charge is 0.251 e. The first-order chi connectivity index (χ1) is 10.1. The van der Waals surface area contributed by atoms with Crippen LogP contribution < -0.4 is 5.32 Å². The standard InChI is InChI=1S/C18H17NO2/c1-11-9-12(2)19-18(21)15(11)10-16-14-6-4-3-5-13(14)7-8-17(16)20/h3-8,20H,2,9-10H2,1H3,(H,19,21). The number of benzene rings is 2. The molecule has 0 saturated heterocycles. The number of carbonyl (C=O) groups is 1. The number of phenols is 1. The third kappa shape index (κ3) is 2.42. The van der Waals surface area contributed by atoms with E-state index >= 15 is 0 Å². The predicted molar refractivity (Wildman–Crippen MR) is 83.9 cm³/mol. The number of amides is 1. The van der Waals surface area contributed by atoms with Crippen molar-refractivity contribution in [3.63, 3.8) is 0 Å². The fourth-order valence-electron chi connectivity index (χ4n) is 2.82. The maximum atomic E-state index is 12.2. The molecular formula is C18H17NO2. The third-order valence-corrected chi connectivity index (χ3v) is 3.93. The molecule has 1 aliphatic rings. The molecule has 0 unspecified atom stereocenters. The van der Waals surface area contributed by atoms with Gasteiger partial charge in [-0.15, -0.1) is 0 Å². The zero-order valence-electron chi connectivity index (χ0n) is 11.9. The Hall–Kier alpha value is -2.55. The summed E-state index contributed by atoms with van der Waals surface area (Å²) in [5.41, 5.74) is 3.25. The van der Waals surface area contributed by atoms with Crippen LogP contribution in [0.2, 0.25) is 0 Å². The fourth-order valence-corrected chi connectivity index (χ4v) is 2.82. The van der Waals surface area contributed by atoms with Crippen molar-refractivity contribution in [1.82, 2.24) is 5.32 Å². The van der Waals surface area contributed by atoms with Crippen molar-refractivity contribution >= 4 is 16.7 Å². The van der Waals surface area contributed by atoms with Gasteiger partial charge >= 0.3 is 0 Å². The molecule has 2 aromatic rings. The number of allylic oxidation sites excluding steroid dienone is 1. The molecule has 3 rings (SSSR count). The zero-order chi connectivity index (χ0) is 15.0. The molecule has 3 nitrogen and oxygen atoms in total. The molecule has 1 aliphatic heterocycles. The van der Waals surface area contributed by atoms with Crippen molar-refractivity contribution < 1.29 is 9.90 Å².